The number of nitrogens with zero attached hydrogens (tertiary/aromatic N) is 5. The smallest absolute Gasteiger partial charge is 0.332 e. The van der Waals surface area contributed by atoms with Gasteiger partial charge in [0, 0.05) is 31.0 Å². The van der Waals surface area contributed by atoms with Crippen molar-refractivity contribution in [3.05, 3.63) is 81.1 Å². The largest absolute Gasteiger partial charge is 0.497 e. The summed E-state index contributed by atoms with van der Waals surface area (Å²) in [7, 11) is 4.74. The predicted octanol–water partition coefficient (Wildman–Crippen LogP) is 2.66. The third-order valence-corrected chi connectivity index (χ3v) is 5.72. The first kappa shape index (κ1) is 18.9. The fourth-order valence-electron chi connectivity index (χ4n) is 4.13. The maximum atomic E-state index is 13.1. The van der Waals surface area contributed by atoms with Crippen LogP contribution in [-0.2, 0) is 14.1 Å². The van der Waals surface area contributed by atoms with Gasteiger partial charge in [-0.05, 0) is 31.2 Å². The number of aryl methyl sites for hydroxylation is 2. The number of aromatic nitrogens is 5. The van der Waals surface area contributed by atoms with Gasteiger partial charge in [0.05, 0.1) is 12.8 Å². The van der Waals surface area contributed by atoms with Crippen molar-refractivity contribution in [3.63, 3.8) is 0 Å². The summed E-state index contributed by atoms with van der Waals surface area (Å²) >= 11 is 0. The van der Waals surface area contributed by atoms with E-state index in [2.05, 4.69) is 0 Å². The Bertz CT molecular complexity index is 1570. The van der Waals surface area contributed by atoms with Crippen molar-refractivity contribution in [3.8, 4) is 22.7 Å². The van der Waals surface area contributed by atoms with Crippen LogP contribution in [0.2, 0.25) is 0 Å². The van der Waals surface area contributed by atoms with Crippen molar-refractivity contribution < 1.29 is 4.74 Å². The van der Waals surface area contributed by atoms with Crippen molar-refractivity contribution in [2.24, 2.45) is 14.1 Å². The van der Waals surface area contributed by atoms with Crippen molar-refractivity contribution >= 4 is 16.9 Å². The molecule has 0 N–H and O–H groups in total. The van der Waals surface area contributed by atoms with Crippen LogP contribution in [0.5, 0.6) is 5.75 Å². The lowest BCUT2D eigenvalue weighted by Gasteiger charge is -2.11. The van der Waals surface area contributed by atoms with Gasteiger partial charge in [-0.15, -0.1) is 0 Å². The lowest BCUT2D eigenvalue weighted by atomic mass is 10.1. The fourth-order valence-corrected chi connectivity index (χ4v) is 4.13. The van der Waals surface area contributed by atoms with E-state index in [-0.39, 0.29) is 5.56 Å². The molecule has 0 radical (unpaired) electrons. The number of hydrogen-bond donors (Lipinski definition) is 0. The molecule has 0 fully saturated rings. The minimum atomic E-state index is -0.407. The summed E-state index contributed by atoms with van der Waals surface area (Å²) in [6.45, 7) is 1.96. The molecule has 3 aromatic heterocycles. The van der Waals surface area contributed by atoms with E-state index in [4.69, 9.17) is 9.72 Å². The van der Waals surface area contributed by atoms with Crippen LogP contribution < -0.4 is 16.0 Å². The number of benzene rings is 2. The molecule has 0 amide bonds. The van der Waals surface area contributed by atoms with Gasteiger partial charge < -0.3 is 4.74 Å². The monoisotopic (exact) mass is 415 g/mol. The van der Waals surface area contributed by atoms with E-state index >= 15 is 0 Å². The molecule has 2 aromatic carbocycles. The Balaban J connectivity index is 1.99. The maximum absolute atomic E-state index is 13.1. The Morgan fingerprint density at radius 3 is 2.23 bits per heavy atom. The molecule has 31 heavy (non-hydrogen) atoms. The Morgan fingerprint density at radius 1 is 0.903 bits per heavy atom. The number of rotatable bonds is 3. The Morgan fingerprint density at radius 2 is 1.58 bits per heavy atom. The molecule has 0 bridgehead atoms. The van der Waals surface area contributed by atoms with Gasteiger partial charge in [-0.1, -0.05) is 30.3 Å². The van der Waals surface area contributed by atoms with Crippen molar-refractivity contribution in [2.45, 2.75) is 6.92 Å². The molecular formula is C23H21N5O3. The number of imidazole rings is 2. The fraction of sp³-hybridized carbons (Fsp3) is 0.174. The molecule has 0 aliphatic heterocycles. The van der Waals surface area contributed by atoms with Gasteiger partial charge in [-0.2, -0.15) is 4.98 Å². The number of hydrogen-bond acceptors (Lipinski definition) is 4. The normalized spacial score (nSPS) is 11.5. The van der Waals surface area contributed by atoms with Crippen LogP contribution in [0, 0.1) is 6.92 Å². The van der Waals surface area contributed by atoms with Crippen LogP contribution in [0.4, 0.5) is 0 Å². The molecule has 0 spiro atoms. The Hall–Kier alpha value is -4.07. The summed E-state index contributed by atoms with van der Waals surface area (Å²) in [4.78, 5) is 30.3. The van der Waals surface area contributed by atoms with E-state index < -0.39 is 5.69 Å². The van der Waals surface area contributed by atoms with Crippen molar-refractivity contribution in [1.29, 1.82) is 0 Å². The van der Waals surface area contributed by atoms with E-state index in [0.29, 0.717) is 16.9 Å². The second-order valence-corrected chi connectivity index (χ2v) is 7.46. The summed E-state index contributed by atoms with van der Waals surface area (Å²) < 4.78 is 11.7. The van der Waals surface area contributed by atoms with E-state index in [1.165, 1.54) is 11.6 Å². The lowest BCUT2D eigenvalue weighted by Crippen LogP contribution is -2.37. The zero-order valence-corrected chi connectivity index (χ0v) is 17.7. The lowest BCUT2D eigenvalue weighted by molar-refractivity contribution is 0.415. The summed E-state index contributed by atoms with van der Waals surface area (Å²) in [5.41, 5.74) is 3.59. The van der Waals surface area contributed by atoms with E-state index in [9.17, 15) is 9.59 Å². The summed E-state index contributed by atoms with van der Waals surface area (Å²) in [6, 6.07) is 17.6. The summed E-state index contributed by atoms with van der Waals surface area (Å²) in [5, 5.41) is 0. The first-order valence-corrected chi connectivity index (χ1v) is 9.83. The highest BCUT2D eigenvalue weighted by atomic mass is 16.5. The second-order valence-electron chi connectivity index (χ2n) is 7.46. The molecule has 8 heteroatoms. The highest BCUT2D eigenvalue weighted by molar-refractivity contribution is 5.81. The molecular weight excluding hydrogens is 394 g/mol. The SMILES string of the molecule is COc1ccc(-n2c(-c3ccccc3)c(C)n3c4c(=O)n(C)c(=O)n(C)c4nc23)cc1. The third-order valence-electron chi connectivity index (χ3n) is 5.72. The highest BCUT2D eigenvalue weighted by Gasteiger charge is 2.24. The van der Waals surface area contributed by atoms with Crippen molar-refractivity contribution in [2.75, 3.05) is 7.11 Å². The second kappa shape index (κ2) is 6.73. The Labute approximate surface area is 177 Å². The van der Waals surface area contributed by atoms with E-state index in [0.717, 1.165) is 33.0 Å². The minimum Gasteiger partial charge on any atom is -0.497 e. The number of fused-ring (bicyclic) bond motifs is 3. The zero-order chi connectivity index (χ0) is 21.9. The van der Waals surface area contributed by atoms with Crippen LogP contribution in [0.25, 0.3) is 33.9 Å². The van der Waals surface area contributed by atoms with Crippen molar-refractivity contribution in [1.82, 2.24) is 23.1 Å². The van der Waals surface area contributed by atoms with Gasteiger partial charge in [-0.25, -0.2) is 4.79 Å². The van der Waals surface area contributed by atoms with Gasteiger partial charge in [0.1, 0.15) is 5.75 Å². The molecule has 156 valence electrons. The molecule has 5 rings (SSSR count). The minimum absolute atomic E-state index is 0.355. The third kappa shape index (κ3) is 2.58. The Kier molecular flexibility index (Phi) is 4.11. The summed E-state index contributed by atoms with van der Waals surface area (Å²) in [5.74, 6) is 1.31. The van der Waals surface area contributed by atoms with Gasteiger partial charge in [0.25, 0.3) is 5.56 Å². The van der Waals surface area contributed by atoms with Crippen LogP contribution in [-0.4, -0.2) is 30.2 Å². The van der Waals surface area contributed by atoms with Crippen LogP contribution in [0.1, 0.15) is 5.69 Å². The number of ether oxygens (including phenoxy) is 1. The van der Waals surface area contributed by atoms with Crippen LogP contribution in [0.3, 0.4) is 0 Å². The predicted molar refractivity (Wildman–Crippen MR) is 119 cm³/mol. The van der Waals surface area contributed by atoms with Crippen LogP contribution >= 0.6 is 0 Å². The molecule has 5 aromatic rings. The molecule has 0 atom stereocenters. The van der Waals surface area contributed by atoms with Gasteiger partial charge in [-0.3, -0.25) is 22.9 Å². The zero-order valence-electron chi connectivity index (χ0n) is 17.7. The first-order valence-electron chi connectivity index (χ1n) is 9.83. The van der Waals surface area contributed by atoms with Gasteiger partial charge >= 0.3 is 5.69 Å². The maximum Gasteiger partial charge on any atom is 0.332 e. The quantitative estimate of drug-likeness (QED) is 0.454. The average molecular weight is 415 g/mol. The van der Waals surface area contributed by atoms with Gasteiger partial charge in [0.15, 0.2) is 11.2 Å². The molecule has 0 aliphatic carbocycles. The molecule has 3 heterocycles. The summed E-state index contributed by atoms with van der Waals surface area (Å²) in [6.07, 6.45) is 0. The number of methoxy groups -OCH3 is 1. The first-order chi connectivity index (χ1) is 14.9. The van der Waals surface area contributed by atoms with Gasteiger partial charge in [0.2, 0.25) is 5.78 Å². The molecule has 0 saturated carbocycles. The molecule has 0 aliphatic rings. The molecule has 8 nitrogen and oxygen atoms in total. The average Bonchev–Trinajstić information content (AvgIpc) is 3.32. The standard InChI is InChI=1S/C23H21N5O3/c1-14-18(15-8-6-5-7-9-15)28(16-10-12-17(31-4)13-11-16)22-24-20-19(27(14)22)21(29)26(3)23(30)25(20)2/h5-13H,1-4H3. The van der Waals surface area contributed by atoms with Crippen LogP contribution in [0.15, 0.2) is 64.2 Å². The topological polar surface area (TPSA) is 75.5 Å². The molecule has 0 saturated heterocycles. The van der Waals surface area contributed by atoms with E-state index in [1.807, 2.05) is 70.5 Å². The highest BCUT2D eigenvalue weighted by Crippen LogP contribution is 2.32. The molecule has 0 unspecified atom stereocenters. The van der Waals surface area contributed by atoms with E-state index in [1.54, 1.807) is 14.2 Å².